The number of nitrogens with one attached hydrogen (secondary N) is 2. The highest BCUT2D eigenvalue weighted by Crippen LogP contribution is 2.38. The molecule has 0 radical (unpaired) electrons. The van der Waals surface area contributed by atoms with Crippen molar-refractivity contribution in [3.63, 3.8) is 0 Å². The van der Waals surface area contributed by atoms with E-state index in [-0.39, 0.29) is 0 Å². The number of thiocarbonyl (C=S) groups is 1. The zero-order valence-corrected chi connectivity index (χ0v) is 12.7. The minimum Gasteiger partial charge on any atom is -0.358 e. The van der Waals surface area contributed by atoms with Gasteiger partial charge in [-0.3, -0.25) is 10.1 Å². The van der Waals surface area contributed by atoms with Crippen LogP contribution in [0, 0.1) is 11.8 Å². The van der Waals surface area contributed by atoms with Crippen LogP contribution in [0.2, 0.25) is 5.02 Å². The Balaban J connectivity index is 1.50. The van der Waals surface area contributed by atoms with Crippen LogP contribution in [0.3, 0.4) is 0 Å². The molecule has 1 saturated carbocycles. The molecular weight excluding hydrogens is 294 g/mol. The van der Waals surface area contributed by atoms with Crippen LogP contribution in [-0.2, 0) is 7.05 Å². The summed E-state index contributed by atoms with van der Waals surface area (Å²) in [6.45, 7) is 0. The SMILES string of the molecule is Cn1cc(Cl)c(/C=N/NC(=S)NC2CC3C=CC2C3)n1. The van der Waals surface area contributed by atoms with E-state index in [2.05, 4.69) is 33.1 Å². The number of nitrogens with zero attached hydrogens (tertiary/aromatic N) is 3. The first kappa shape index (κ1) is 13.6. The summed E-state index contributed by atoms with van der Waals surface area (Å²) in [6.07, 6.45) is 10.3. The van der Waals surface area contributed by atoms with Gasteiger partial charge >= 0.3 is 0 Å². The molecule has 1 aromatic heterocycles. The molecule has 7 heteroatoms. The van der Waals surface area contributed by atoms with Gasteiger partial charge < -0.3 is 5.32 Å². The lowest BCUT2D eigenvalue weighted by atomic mass is 10.0. The number of rotatable bonds is 3. The van der Waals surface area contributed by atoms with E-state index >= 15 is 0 Å². The van der Waals surface area contributed by atoms with Crippen molar-refractivity contribution in [2.45, 2.75) is 18.9 Å². The Bertz CT molecular complexity index is 579. The molecule has 5 nitrogen and oxygen atoms in total. The smallest absolute Gasteiger partial charge is 0.187 e. The Labute approximate surface area is 128 Å². The van der Waals surface area contributed by atoms with E-state index in [1.54, 1.807) is 17.1 Å². The maximum absolute atomic E-state index is 5.98. The molecule has 0 spiro atoms. The zero-order chi connectivity index (χ0) is 14.1. The Kier molecular flexibility index (Phi) is 3.76. The molecule has 2 bridgehead atoms. The van der Waals surface area contributed by atoms with Crippen LogP contribution in [0.15, 0.2) is 23.5 Å². The molecule has 20 heavy (non-hydrogen) atoms. The highest BCUT2D eigenvalue weighted by atomic mass is 35.5. The first-order chi connectivity index (χ1) is 9.61. The van der Waals surface area contributed by atoms with Gasteiger partial charge in [0.2, 0.25) is 0 Å². The normalized spacial score (nSPS) is 27.4. The van der Waals surface area contributed by atoms with Gasteiger partial charge in [0.1, 0.15) is 5.69 Å². The van der Waals surface area contributed by atoms with Gasteiger partial charge in [0.05, 0.1) is 11.2 Å². The van der Waals surface area contributed by atoms with Crippen molar-refractivity contribution in [3.8, 4) is 0 Å². The lowest BCUT2D eigenvalue weighted by Crippen LogP contribution is -2.42. The fraction of sp³-hybridized carbons (Fsp3) is 0.462. The fourth-order valence-electron chi connectivity index (χ4n) is 2.86. The Morgan fingerprint density at radius 1 is 1.55 bits per heavy atom. The fourth-order valence-corrected chi connectivity index (χ4v) is 3.30. The number of aryl methyl sites for hydroxylation is 1. The van der Waals surface area contributed by atoms with Gasteiger partial charge in [-0.2, -0.15) is 10.2 Å². The monoisotopic (exact) mass is 309 g/mol. The molecule has 0 aliphatic heterocycles. The van der Waals surface area contributed by atoms with Crippen molar-refractivity contribution in [1.29, 1.82) is 0 Å². The summed E-state index contributed by atoms with van der Waals surface area (Å²) in [7, 11) is 1.81. The van der Waals surface area contributed by atoms with Gasteiger partial charge in [-0.05, 0) is 36.9 Å². The highest BCUT2D eigenvalue weighted by molar-refractivity contribution is 7.80. The Hall–Kier alpha value is -1.40. The van der Waals surface area contributed by atoms with Crippen molar-refractivity contribution in [3.05, 3.63) is 29.1 Å². The van der Waals surface area contributed by atoms with Crippen LogP contribution in [0.4, 0.5) is 0 Å². The van der Waals surface area contributed by atoms with Gasteiger partial charge in [0.25, 0.3) is 0 Å². The van der Waals surface area contributed by atoms with E-state index in [1.807, 2.05) is 7.05 Å². The van der Waals surface area contributed by atoms with E-state index in [1.165, 1.54) is 6.42 Å². The molecule has 0 aromatic carbocycles. The molecule has 3 unspecified atom stereocenters. The van der Waals surface area contributed by atoms with Crippen molar-refractivity contribution < 1.29 is 0 Å². The number of halogens is 1. The van der Waals surface area contributed by atoms with Crippen LogP contribution in [0.25, 0.3) is 0 Å². The number of aromatic nitrogens is 2. The average Bonchev–Trinajstić information content (AvgIpc) is 3.06. The molecule has 106 valence electrons. The van der Waals surface area contributed by atoms with Crippen LogP contribution in [-0.4, -0.2) is 27.1 Å². The third-order valence-electron chi connectivity index (χ3n) is 3.76. The molecule has 1 fully saturated rings. The average molecular weight is 310 g/mol. The molecule has 2 aliphatic rings. The number of allylic oxidation sites excluding steroid dienone is 1. The predicted octanol–water partition coefficient (Wildman–Crippen LogP) is 1.84. The summed E-state index contributed by atoms with van der Waals surface area (Å²) < 4.78 is 1.64. The minimum absolute atomic E-state index is 0.429. The molecule has 3 atom stereocenters. The summed E-state index contributed by atoms with van der Waals surface area (Å²) in [5, 5.41) is 12.6. The molecule has 0 amide bonds. The van der Waals surface area contributed by atoms with E-state index in [4.69, 9.17) is 23.8 Å². The third kappa shape index (κ3) is 2.86. The quantitative estimate of drug-likeness (QED) is 0.387. The van der Waals surface area contributed by atoms with E-state index in [0.29, 0.717) is 27.8 Å². The molecule has 3 rings (SSSR count). The van der Waals surface area contributed by atoms with Crippen molar-refractivity contribution in [2.24, 2.45) is 24.0 Å². The van der Waals surface area contributed by atoms with Gasteiger partial charge in [-0.15, -0.1) is 0 Å². The highest BCUT2D eigenvalue weighted by Gasteiger charge is 2.35. The third-order valence-corrected chi connectivity index (χ3v) is 4.26. The van der Waals surface area contributed by atoms with Gasteiger partial charge in [-0.25, -0.2) is 0 Å². The maximum Gasteiger partial charge on any atom is 0.187 e. The number of hydrogen-bond acceptors (Lipinski definition) is 3. The topological polar surface area (TPSA) is 54.2 Å². The summed E-state index contributed by atoms with van der Waals surface area (Å²) >= 11 is 11.2. The van der Waals surface area contributed by atoms with Crippen LogP contribution < -0.4 is 10.7 Å². The number of hydrogen-bond donors (Lipinski definition) is 2. The molecule has 0 saturated heterocycles. The van der Waals surface area contributed by atoms with Crippen LogP contribution in [0.1, 0.15) is 18.5 Å². The predicted molar refractivity (Wildman–Crippen MR) is 83.8 cm³/mol. The van der Waals surface area contributed by atoms with E-state index < -0.39 is 0 Å². The Morgan fingerprint density at radius 3 is 3.00 bits per heavy atom. The summed E-state index contributed by atoms with van der Waals surface area (Å²) in [5.74, 6) is 1.32. The van der Waals surface area contributed by atoms with Crippen LogP contribution in [0.5, 0.6) is 0 Å². The largest absolute Gasteiger partial charge is 0.358 e. The first-order valence-electron chi connectivity index (χ1n) is 6.59. The summed E-state index contributed by atoms with van der Waals surface area (Å²) in [4.78, 5) is 0. The zero-order valence-electron chi connectivity index (χ0n) is 11.1. The second-order valence-corrected chi connectivity index (χ2v) is 6.08. The summed E-state index contributed by atoms with van der Waals surface area (Å²) in [6, 6.07) is 0.429. The standard InChI is InChI=1S/C13H16ClN5S/c1-19-7-10(14)12(18-19)6-15-17-13(20)16-11-5-8-2-3-9(11)4-8/h2-3,6-9,11H,4-5H2,1H3,(H2,16,17,20)/b15-6+. The van der Waals surface area contributed by atoms with Crippen LogP contribution >= 0.6 is 23.8 Å². The van der Waals surface area contributed by atoms with Gasteiger partial charge in [0, 0.05) is 19.3 Å². The number of hydrazone groups is 1. The molecule has 2 aliphatic carbocycles. The molecule has 2 N–H and O–H groups in total. The van der Waals surface area contributed by atoms with Gasteiger partial charge in [0.15, 0.2) is 5.11 Å². The first-order valence-corrected chi connectivity index (χ1v) is 7.37. The van der Waals surface area contributed by atoms with Crippen molar-refractivity contribution in [2.75, 3.05) is 0 Å². The molecule has 1 aromatic rings. The van der Waals surface area contributed by atoms with Crippen molar-refractivity contribution >= 4 is 35.1 Å². The van der Waals surface area contributed by atoms with Gasteiger partial charge in [-0.1, -0.05) is 23.8 Å². The van der Waals surface area contributed by atoms with Crippen molar-refractivity contribution in [1.82, 2.24) is 20.5 Å². The molecule has 1 heterocycles. The van der Waals surface area contributed by atoms with E-state index in [0.717, 1.165) is 12.3 Å². The Morgan fingerprint density at radius 2 is 2.40 bits per heavy atom. The number of fused-ring (bicyclic) bond motifs is 2. The second kappa shape index (κ2) is 5.54. The lowest BCUT2D eigenvalue weighted by Gasteiger charge is -2.20. The minimum atomic E-state index is 0.429. The second-order valence-electron chi connectivity index (χ2n) is 5.27. The molecular formula is C13H16ClN5S. The summed E-state index contributed by atoms with van der Waals surface area (Å²) in [5.41, 5.74) is 3.43. The lowest BCUT2D eigenvalue weighted by molar-refractivity contribution is 0.521. The van der Waals surface area contributed by atoms with E-state index in [9.17, 15) is 0 Å². The maximum atomic E-state index is 5.98.